The molecule has 6 heteroatoms. The average molecular weight is 350 g/mol. The van der Waals surface area contributed by atoms with E-state index in [1.54, 1.807) is 25.3 Å². The monoisotopic (exact) mass is 349 g/mol. The Hall–Kier alpha value is -0.430. The molecule has 1 atom stereocenters. The van der Waals surface area contributed by atoms with Crippen LogP contribution in [0.25, 0.3) is 0 Å². The summed E-state index contributed by atoms with van der Waals surface area (Å²) < 4.78 is 33.0. The molecule has 0 heterocycles. The first-order valence-corrected chi connectivity index (χ1v) is 8.33. The smallest absolute Gasteiger partial charge is 0.242 e. The van der Waals surface area contributed by atoms with Crippen LogP contribution in [-0.4, -0.2) is 28.2 Å². The average Bonchev–Trinajstić information content (AvgIpc) is 2.27. The van der Waals surface area contributed by atoms with Gasteiger partial charge < -0.3 is 4.74 Å². The van der Waals surface area contributed by atoms with Crippen molar-refractivity contribution in [2.45, 2.75) is 31.7 Å². The van der Waals surface area contributed by atoms with E-state index in [1.807, 2.05) is 20.8 Å². The highest BCUT2D eigenvalue weighted by atomic mass is 79.9. The SMILES string of the molecule is COCC(NS(=O)(=O)c1ccc(C)cc1Br)C(C)C. The third-order valence-electron chi connectivity index (χ3n) is 2.83. The molecule has 1 aromatic carbocycles. The minimum atomic E-state index is -3.55. The number of rotatable bonds is 6. The van der Waals surface area contributed by atoms with Gasteiger partial charge in [-0.15, -0.1) is 0 Å². The number of hydrogen-bond donors (Lipinski definition) is 1. The summed E-state index contributed by atoms with van der Waals surface area (Å²) in [6.45, 7) is 6.17. The van der Waals surface area contributed by atoms with Crippen molar-refractivity contribution >= 4 is 26.0 Å². The Labute approximate surface area is 123 Å². The molecule has 0 aliphatic rings. The zero-order chi connectivity index (χ0) is 14.6. The van der Waals surface area contributed by atoms with E-state index in [2.05, 4.69) is 20.7 Å². The van der Waals surface area contributed by atoms with Gasteiger partial charge in [0.25, 0.3) is 0 Å². The van der Waals surface area contributed by atoms with Crippen LogP contribution in [0.5, 0.6) is 0 Å². The molecule has 4 nitrogen and oxygen atoms in total. The number of ether oxygens (including phenoxy) is 1. The Morgan fingerprint density at radius 2 is 2.00 bits per heavy atom. The van der Waals surface area contributed by atoms with Crippen molar-refractivity contribution in [3.05, 3.63) is 28.2 Å². The minimum absolute atomic E-state index is 0.152. The van der Waals surface area contributed by atoms with Crippen molar-refractivity contribution in [1.82, 2.24) is 4.72 Å². The fraction of sp³-hybridized carbons (Fsp3) is 0.538. The highest BCUT2D eigenvalue weighted by Gasteiger charge is 2.24. The number of aryl methyl sites for hydroxylation is 1. The number of nitrogens with one attached hydrogen (secondary N) is 1. The normalized spacial score (nSPS) is 13.8. The summed E-state index contributed by atoms with van der Waals surface area (Å²) in [6, 6.07) is 4.92. The van der Waals surface area contributed by atoms with Gasteiger partial charge in [0, 0.05) is 17.6 Å². The Bertz CT molecular complexity index is 529. The molecule has 0 aliphatic carbocycles. The number of sulfonamides is 1. The molecule has 0 radical (unpaired) electrons. The van der Waals surface area contributed by atoms with Gasteiger partial charge in [0.15, 0.2) is 0 Å². The Balaban J connectivity index is 3.03. The zero-order valence-corrected chi connectivity index (χ0v) is 14.0. The van der Waals surface area contributed by atoms with Gasteiger partial charge in [-0.3, -0.25) is 0 Å². The summed E-state index contributed by atoms with van der Waals surface area (Å²) in [6.07, 6.45) is 0. The predicted molar refractivity (Wildman–Crippen MR) is 79.7 cm³/mol. The standard InChI is InChI=1S/C13H20BrNO3S/c1-9(2)12(8-18-4)15-19(16,17)13-6-5-10(3)7-11(13)14/h5-7,9,12,15H,8H2,1-4H3. The summed E-state index contributed by atoms with van der Waals surface area (Å²) in [5, 5.41) is 0. The van der Waals surface area contributed by atoms with Gasteiger partial charge in [0.1, 0.15) is 0 Å². The van der Waals surface area contributed by atoms with E-state index in [-0.39, 0.29) is 16.9 Å². The lowest BCUT2D eigenvalue weighted by atomic mass is 10.1. The molecule has 0 saturated heterocycles. The van der Waals surface area contributed by atoms with Gasteiger partial charge in [-0.2, -0.15) is 0 Å². The molecule has 108 valence electrons. The van der Waals surface area contributed by atoms with Crippen molar-refractivity contribution in [1.29, 1.82) is 0 Å². The number of benzene rings is 1. The summed E-state index contributed by atoms with van der Waals surface area (Å²) in [5.41, 5.74) is 1.00. The van der Waals surface area contributed by atoms with E-state index in [0.29, 0.717) is 11.1 Å². The van der Waals surface area contributed by atoms with E-state index < -0.39 is 10.0 Å². The Morgan fingerprint density at radius 1 is 1.37 bits per heavy atom. The third kappa shape index (κ3) is 4.56. The summed E-state index contributed by atoms with van der Waals surface area (Å²) in [5.74, 6) is 0.152. The number of methoxy groups -OCH3 is 1. The molecule has 0 amide bonds. The van der Waals surface area contributed by atoms with Gasteiger partial charge in [-0.05, 0) is 46.5 Å². The maximum Gasteiger partial charge on any atom is 0.242 e. The molecule has 1 aromatic rings. The van der Waals surface area contributed by atoms with Crippen LogP contribution in [0.15, 0.2) is 27.6 Å². The summed E-state index contributed by atoms with van der Waals surface area (Å²) in [7, 11) is -1.99. The van der Waals surface area contributed by atoms with Crippen LogP contribution in [0, 0.1) is 12.8 Å². The van der Waals surface area contributed by atoms with E-state index >= 15 is 0 Å². The fourth-order valence-electron chi connectivity index (χ4n) is 1.63. The molecule has 1 unspecified atom stereocenters. The third-order valence-corrected chi connectivity index (χ3v) is 5.30. The first kappa shape index (κ1) is 16.6. The second-order valence-electron chi connectivity index (χ2n) is 4.86. The van der Waals surface area contributed by atoms with Crippen molar-refractivity contribution in [3.63, 3.8) is 0 Å². The molecule has 0 bridgehead atoms. The van der Waals surface area contributed by atoms with Gasteiger partial charge >= 0.3 is 0 Å². The zero-order valence-electron chi connectivity index (χ0n) is 11.6. The molecular weight excluding hydrogens is 330 g/mol. The van der Waals surface area contributed by atoms with Crippen molar-refractivity contribution in [2.24, 2.45) is 5.92 Å². The van der Waals surface area contributed by atoms with Crippen LogP contribution in [0.4, 0.5) is 0 Å². The first-order valence-electron chi connectivity index (χ1n) is 6.05. The quantitative estimate of drug-likeness (QED) is 0.858. The first-order chi connectivity index (χ1) is 8.77. The summed E-state index contributed by atoms with van der Waals surface area (Å²) >= 11 is 3.30. The molecule has 0 fully saturated rings. The maximum atomic E-state index is 12.4. The highest BCUT2D eigenvalue weighted by Crippen LogP contribution is 2.23. The molecule has 19 heavy (non-hydrogen) atoms. The van der Waals surface area contributed by atoms with Crippen molar-refractivity contribution < 1.29 is 13.2 Å². The molecule has 1 rings (SSSR count). The van der Waals surface area contributed by atoms with E-state index in [4.69, 9.17) is 4.74 Å². The van der Waals surface area contributed by atoms with Gasteiger partial charge in [0.05, 0.1) is 11.5 Å². The molecule has 1 N–H and O–H groups in total. The lowest BCUT2D eigenvalue weighted by Crippen LogP contribution is -2.41. The van der Waals surface area contributed by atoms with E-state index in [9.17, 15) is 8.42 Å². The van der Waals surface area contributed by atoms with E-state index in [1.165, 1.54) is 0 Å². The Morgan fingerprint density at radius 3 is 2.47 bits per heavy atom. The van der Waals surface area contributed by atoms with Gasteiger partial charge in [-0.1, -0.05) is 19.9 Å². The molecule has 0 aromatic heterocycles. The van der Waals surface area contributed by atoms with Crippen LogP contribution in [0.3, 0.4) is 0 Å². The second kappa shape index (κ2) is 6.83. The minimum Gasteiger partial charge on any atom is -0.383 e. The predicted octanol–water partition coefficient (Wildman–Crippen LogP) is 2.71. The fourth-order valence-corrected chi connectivity index (χ4v) is 4.19. The summed E-state index contributed by atoms with van der Waals surface area (Å²) in [4.78, 5) is 0.250. The Kier molecular flexibility index (Phi) is 5.98. The maximum absolute atomic E-state index is 12.4. The highest BCUT2D eigenvalue weighted by molar-refractivity contribution is 9.10. The van der Waals surface area contributed by atoms with Crippen LogP contribution in [0.1, 0.15) is 19.4 Å². The van der Waals surface area contributed by atoms with Crippen molar-refractivity contribution in [2.75, 3.05) is 13.7 Å². The van der Waals surface area contributed by atoms with Gasteiger partial charge in [0.2, 0.25) is 10.0 Å². The molecular formula is C13H20BrNO3S. The second-order valence-corrected chi connectivity index (χ2v) is 7.40. The lowest BCUT2D eigenvalue weighted by Gasteiger charge is -2.21. The lowest BCUT2D eigenvalue weighted by molar-refractivity contribution is 0.157. The number of halogens is 1. The topological polar surface area (TPSA) is 55.4 Å². The van der Waals surface area contributed by atoms with Crippen LogP contribution < -0.4 is 4.72 Å². The largest absolute Gasteiger partial charge is 0.383 e. The molecule has 0 saturated carbocycles. The van der Waals surface area contributed by atoms with Crippen LogP contribution in [0.2, 0.25) is 0 Å². The van der Waals surface area contributed by atoms with Crippen LogP contribution in [-0.2, 0) is 14.8 Å². The van der Waals surface area contributed by atoms with Gasteiger partial charge in [-0.25, -0.2) is 13.1 Å². The van der Waals surface area contributed by atoms with Crippen molar-refractivity contribution in [3.8, 4) is 0 Å². The van der Waals surface area contributed by atoms with Crippen LogP contribution >= 0.6 is 15.9 Å². The molecule has 0 aliphatic heterocycles. The van der Waals surface area contributed by atoms with E-state index in [0.717, 1.165) is 5.56 Å². The molecule has 0 spiro atoms. The number of hydrogen-bond acceptors (Lipinski definition) is 3.